The third kappa shape index (κ3) is 3.04. The highest BCUT2D eigenvalue weighted by Gasteiger charge is 2.16. The molecule has 0 aliphatic carbocycles. The van der Waals surface area contributed by atoms with Gasteiger partial charge >= 0.3 is 0 Å². The zero-order chi connectivity index (χ0) is 14.7. The Labute approximate surface area is 125 Å². The number of rotatable bonds is 4. The van der Waals surface area contributed by atoms with Crippen LogP contribution in [-0.4, -0.2) is 0 Å². The average Bonchev–Trinajstić information content (AvgIpc) is 2.48. The Hall–Kier alpha value is -1.34. The molecule has 0 saturated heterocycles. The van der Waals surface area contributed by atoms with Gasteiger partial charge in [-0.2, -0.15) is 0 Å². The molecular formula is C18H20ClF. The number of hydrogen-bond acceptors (Lipinski definition) is 0. The zero-order valence-corrected chi connectivity index (χ0v) is 12.9. The van der Waals surface area contributed by atoms with E-state index < -0.39 is 5.38 Å². The van der Waals surface area contributed by atoms with Crippen molar-refractivity contribution >= 4 is 11.6 Å². The number of alkyl halides is 1. The van der Waals surface area contributed by atoms with Gasteiger partial charge in [0.2, 0.25) is 0 Å². The van der Waals surface area contributed by atoms with Crippen molar-refractivity contribution in [1.82, 2.24) is 0 Å². The van der Waals surface area contributed by atoms with Crippen LogP contribution in [0.4, 0.5) is 4.39 Å². The molecule has 2 atom stereocenters. The lowest BCUT2D eigenvalue weighted by Crippen LogP contribution is -1.99. The lowest BCUT2D eigenvalue weighted by atomic mass is 9.95. The van der Waals surface area contributed by atoms with Gasteiger partial charge in [-0.3, -0.25) is 0 Å². The van der Waals surface area contributed by atoms with Gasteiger partial charge in [-0.05, 0) is 36.0 Å². The predicted octanol–water partition coefficient (Wildman–Crippen LogP) is 5.98. The molecule has 0 spiro atoms. The average molecular weight is 291 g/mol. The van der Waals surface area contributed by atoms with E-state index in [1.807, 2.05) is 18.2 Å². The van der Waals surface area contributed by atoms with Gasteiger partial charge in [0.05, 0.1) is 5.38 Å². The molecule has 0 aliphatic rings. The van der Waals surface area contributed by atoms with Crippen LogP contribution in [0.3, 0.4) is 0 Å². The van der Waals surface area contributed by atoms with E-state index in [1.165, 1.54) is 5.56 Å². The van der Waals surface area contributed by atoms with Crippen LogP contribution in [0.5, 0.6) is 0 Å². The Balaban J connectivity index is 2.29. The van der Waals surface area contributed by atoms with Gasteiger partial charge in [0.1, 0.15) is 5.82 Å². The molecule has 0 aliphatic heterocycles. The molecule has 2 rings (SSSR count). The molecule has 0 radical (unpaired) electrons. The van der Waals surface area contributed by atoms with E-state index in [0.29, 0.717) is 17.0 Å². The summed E-state index contributed by atoms with van der Waals surface area (Å²) in [7, 11) is 0. The standard InChI is InChI=1S/C18H20ClF/c1-4-12(2)14-8-10-15(11-9-14)17(19)16-7-5-6-13(3)18(16)20/h5-12,17H,4H2,1-3H3. The quantitative estimate of drug-likeness (QED) is 0.608. The second-order valence-corrected chi connectivity index (χ2v) is 5.75. The van der Waals surface area contributed by atoms with Crippen LogP contribution in [0, 0.1) is 12.7 Å². The third-order valence-corrected chi connectivity index (χ3v) is 4.39. The lowest BCUT2D eigenvalue weighted by Gasteiger charge is -2.14. The van der Waals surface area contributed by atoms with E-state index >= 15 is 0 Å². The number of aryl methyl sites for hydroxylation is 1. The maximum atomic E-state index is 14.1. The summed E-state index contributed by atoms with van der Waals surface area (Å²) in [5, 5.41) is -0.444. The van der Waals surface area contributed by atoms with Crippen LogP contribution < -0.4 is 0 Å². The Kier molecular flexibility index (Phi) is 4.82. The molecule has 0 bridgehead atoms. The summed E-state index contributed by atoms with van der Waals surface area (Å²) in [6.45, 7) is 6.13. The van der Waals surface area contributed by atoms with Gasteiger partial charge in [-0.1, -0.05) is 56.3 Å². The second kappa shape index (κ2) is 6.41. The third-order valence-electron chi connectivity index (χ3n) is 3.91. The van der Waals surface area contributed by atoms with E-state index in [2.05, 4.69) is 26.0 Å². The van der Waals surface area contributed by atoms with Crippen LogP contribution in [-0.2, 0) is 0 Å². The molecule has 106 valence electrons. The van der Waals surface area contributed by atoms with Crippen LogP contribution in [0.15, 0.2) is 42.5 Å². The molecule has 0 fully saturated rings. The van der Waals surface area contributed by atoms with Crippen molar-refractivity contribution in [2.45, 2.75) is 38.5 Å². The zero-order valence-electron chi connectivity index (χ0n) is 12.2. The van der Waals surface area contributed by atoms with Gasteiger partial charge in [0.25, 0.3) is 0 Å². The van der Waals surface area contributed by atoms with E-state index in [1.54, 1.807) is 19.1 Å². The fraction of sp³-hybridized carbons (Fsp3) is 0.333. The summed E-state index contributed by atoms with van der Waals surface area (Å²) in [4.78, 5) is 0. The van der Waals surface area contributed by atoms with Crippen LogP contribution in [0.1, 0.15) is 53.8 Å². The fourth-order valence-electron chi connectivity index (χ4n) is 2.27. The summed E-state index contributed by atoms with van der Waals surface area (Å²) in [5.41, 5.74) is 3.40. The molecule has 2 aromatic rings. The highest BCUT2D eigenvalue weighted by atomic mass is 35.5. The van der Waals surface area contributed by atoms with Gasteiger partial charge in [-0.25, -0.2) is 4.39 Å². The summed E-state index contributed by atoms with van der Waals surface area (Å²) in [6, 6.07) is 13.5. The van der Waals surface area contributed by atoms with Gasteiger partial charge < -0.3 is 0 Å². The van der Waals surface area contributed by atoms with Crippen molar-refractivity contribution in [2.75, 3.05) is 0 Å². The van der Waals surface area contributed by atoms with Crippen molar-refractivity contribution in [3.8, 4) is 0 Å². The first-order valence-electron chi connectivity index (χ1n) is 7.03. The monoisotopic (exact) mass is 290 g/mol. The first-order valence-corrected chi connectivity index (χ1v) is 7.47. The predicted molar refractivity (Wildman–Crippen MR) is 84.0 cm³/mol. The van der Waals surface area contributed by atoms with Crippen molar-refractivity contribution in [1.29, 1.82) is 0 Å². The van der Waals surface area contributed by atoms with Crippen LogP contribution in [0.25, 0.3) is 0 Å². The molecule has 0 nitrogen and oxygen atoms in total. The maximum Gasteiger partial charge on any atom is 0.131 e. The maximum absolute atomic E-state index is 14.1. The number of halogens is 2. The van der Waals surface area contributed by atoms with Gasteiger partial charge in [0.15, 0.2) is 0 Å². The number of hydrogen-bond donors (Lipinski definition) is 0. The minimum Gasteiger partial charge on any atom is -0.206 e. The molecule has 0 saturated carbocycles. The SMILES string of the molecule is CCC(C)c1ccc(C(Cl)c2cccc(C)c2F)cc1. The molecule has 0 heterocycles. The van der Waals surface area contributed by atoms with E-state index in [0.717, 1.165) is 12.0 Å². The normalized spacial score (nSPS) is 14.1. The molecule has 2 unspecified atom stereocenters. The summed E-state index contributed by atoms with van der Waals surface area (Å²) in [6.07, 6.45) is 1.11. The lowest BCUT2D eigenvalue weighted by molar-refractivity contribution is 0.603. The first kappa shape index (κ1) is 15.1. The minimum atomic E-state index is -0.444. The van der Waals surface area contributed by atoms with Crippen LogP contribution in [0.2, 0.25) is 0 Å². The first-order chi connectivity index (χ1) is 9.54. The molecule has 0 amide bonds. The summed E-state index contributed by atoms with van der Waals surface area (Å²) in [5.74, 6) is 0.326. The highest BCUT2D eigenvalue weighted by Crippen LogP contribution is 2.32. The number of benzene rings is 2. The summed E-state index contributed by atoms with van der Waals surface area (Å²) < 4.78 is 14.1. The molecule has 2 aromatic carbocycles. The van der Waals surface area contributed by atoms with E-state index in [4.69, 9.17) is 11.6 Å². The largest absolute Gasteiger partial charge is 0.206 e. The smallest absolute Gasteiger partial charge is 0.131 e. The van der Waals surface area contributed by atoms with Crippen LogP contribution >= 0.6 is 11.6 Å². The molecule has 0 N–H and O–H groups in total. The van der Waals surface area contributed by atoms with Gasteiger partial charge in [-0.15, -0.1) is 11.6 Å². The van der Waals surface area contributed by atoms with Crippen molar-refractivity contribution < 1.29 is 4.39 Å². The molecular weight excluding hydrogens is 271 g/mol. The Morgan fingerprint density at radius 2 is 1.65 bits per heavy atom. The Morgan fingerprint density at radius 3 is 2.25 bits per heavy atom. The van der Waals surface area contributed by atoms with Gasteiger partial charge in [0, 0.05) is 5.56 Å². The fourth-order valence-corrected chi connectivity index (χ4v) is 2.59. The van der Waals surface area contributed by atoms with E-state index in [-0.39, 0.29) is 5.82 Å². The minimum absolute atomic E-state index is 0.210. The topological polar surface area (TPSA) is 0 Å². The highest BCUT2D eigenvalue weighted by molar-refractivity contribution is 6.22. The molecule has 20 heavy (non-hydrogen) atoms. The molecule has 0 aromatic heterocycles. The molecule has 2 heteroatoms. The summed E-state index contributed by atoms with van der Waals surface area (Å²) >= 11 is 6.43. The Bertz CT molecular complexity index is 574. The van der Waals surface area contributed by atoms with E-state index in [9.17, 15) is 4.39 Å². The van der Waals surface area contributed by atoms with Crippen molar-refractivity contribution in [3.05, 3.63) is 70.5 Å². The second-order valence-electron chi connectivity index (χ2n) is 5.32. The van der Waals surface area contributed by atoms with Crippen molar-refractivity contribution in [3.63, 3.8) is 0 Å². The Morgan fingerprint density at radius 1 is 1.05 bits per heavy atom. The van der Waals surface area contributed by atoms with Crippen molar-refractivity contribution in [2.24, 2.45) is 0 Å².